The Kier molecular flexibility index (Phi) is 4.78. The number of hydrogen-bond donors (Lipinski definition) is 1. The van der Waals surface area contributed by atoms with Crippen molar-refractivity contribution in [2.75, 3.05) is 20.8 Å². The molecule has 0 aliphatic carbocycles. The minimum Gasteiger partial charge on any atom is -0.493 e. The summed E-state index contributed by atoms with van der Waals surface area (Å²) in [5.74, 6) is 1.06. The third-order valence-electron chi connectivity index (χ3n) is 5.53. The normalized spacial score (nSPS) is 13.3. The van der Waals surface area contributed by atoms with Crippen LogP contribution in [0.25, 0.3) is 10.9 Å². The van der Waals surface area contributed by atoms with Gasteiger partial charge in [-0.1, -0.05) is 11.6 Å². The van der Waals surface area contributed by atoms with Gasteiger partial charge in [-0.3, -0.25) is 9.59 Å². The molecule has 29 heavy (non-hydrogen) atoms. The van der Waals surface area contributed by atoms with Crippen molar-refractivity contribution in [2.24, 2.45) is 0 Å². The van der Waals surface area contributed by atoms with Gasteiger partial charge in [0.2, 0.25) is 0 Å². The lowest BCUT2D eigenvalue weighted by Gasteiger charge is -2.29. The van der Waals surface area contributed by atoms with E-state index in [2.05, 4.69) is 4.98 Å². The molecule has 6 heteroatoms. The molecule has 1 amide bonds. The number of rotatable bonds is 3. The Morgan fingerprint density at radius 1 is 1.00 bits per heavy atom. The lowest BCUT2D eigenvalue weighted by atomic mass is 9.98. The molecule has 0 bridgehead atoms. The number of H-pyrrole nitrogens is 1. The van der Waals surface area contributed by atoms with E-state index in [-0.39, 0.29) is 17.0 Å². The SMILES string of the molecule is COc1cc2c(cc1OC)CN(C(=O)c1cc3cc(C)cc(C)c3[nH]c1=O)CC2. The number of pyridine rings is 1. The first-order valence-electron chi connectivity index (χ1n) is 9.58. The summed E-state index contributed by atoms with van der Waals surface area (Å²) < 4.78 is 10.8. The van der Waals surface area contributed by atoms with Gasteiger partial charge < -0.3 is 19.4 Å². The van der Waals surface area contributed by atoms with E-state index in [1.165, 1.54) is 0 Å². The molecule has 1 aromatic heterocycles. The van der Waals surface area contributed by atoms with Crippen molar-refractivity contribution >= 4 is 16.8 Å². The van der Waals surface area contributed by atoms with Crippen molar-refractivity contribution in [3.05, 3.63) is 68.5 Å². The molecular weight excluding hydrogens is 368 g/mol. The Bertz CT molecular complexity index is 1180. The number of carbonyl (C=O) groups excluding carboxylic acids is 1. The minimum atomic E-state index is -0.354. The predicted octanol–water partition coefficient (Wildman–Crippen LogP) is 3.36. The van der Waals surface area contributed by atoms with Crippen molar-refractivity contribution in [3.63, 3.8) is 0 Å². The lowest BCUT2D eigenvalue weighted by molar-refractivity contribution is 0.0733. The standard InChI is InChI=1S/C23H24N2O4/c1-13-7-14(2)21-16(8-13)9-18(22(26)24-21)23(27)25-6-5-15-10-19(28-3)20(29-4)11-17(15)12-25/h7-11H,5-6,12H2,1-4H3,(H,24,26). The van der Waals surface area contributed by atoms with Gasteiger partial charge in [-0.25, -0.2) is 0 Å². The number of aromatic amines is 1. The van der Waals surface area contributed by atoms with Crippen molar-refractivity contribution in [1.29, 1.82) is 0 Å². The highest BCUT2D eigenvalue weighted by atomic mass is 16.5. The highest BCUT2D eigenvalue weighted by Crippen LogP contribution is 2.33. The lowest BCUT2D eigenvalue weighted by Crippen LogP contribution is -2.38. The fraction of sp³-hybridized carbons (Fsp3) is 0.304. The highest BCUT2D eigenvalue weighted by molar-refractivity contribution is 5.97. The van der Waals surface area contributed by atoms with Crippen LogP contribution in [0.1, 0.15) is 32.6 Å². The van der Waals surface area contributed by atoms with Gasteiger partial charge in [0.05, 0.1) is 19.7 Å². The average molecular weight is 392 g/mol. The molecule has 6 nitrogen and oxygen atoms in total. The molecule has 4 rings (SSSR count). The van der Waals surface area contributed by atoms with Gasteiger partial charge in [0, 0.05) is 13.1 Å². The van der Waals surface area contributed by atoms with E-state index in [4.69, 9.17) is 9.47 Å². The minimum absolute atomic E-state index is 0.173. The van der Waals surface area contributed by atoms with Crippen LogP contribution >= 0.6 is 0 Å². The second-order valence-corrected chi connectivity index (χ2v) is 7.51. The van der Waals surface area contributed by atoms with Crippen LogP contribution in [0.2, 0.25) is 0 Å². The van der Waals surface area contributed by atoms with Gasteiger partial charge in [-0.2, -0.15) is 0 Å². The zero-order valence-corrected chi connectivity index (χ0v) is 17.1. The van der Waals surface area contributed by atoms with Gasteiger partial charge in [-0.15, -0.1) is 0 Å². The van der Waals surface area contributed by atoms with Crippen LogP contribution in [0.15, 0.2) is 35.1 Å². The Hall–Kier alpha value is -3.28. The predicted molar refractivity (Wildman–Crippen MR) is 112 cm³/mol. The molecule has 0 saturated carbocycles. The van der Waals surface area contributed by atoms with Crippen molar-refractivity contribution in [1.82, 2.24) is 9.88 Å². The zero-order valence-electron chi connectivity index (χ0n) is 17.1. The highest BCUT2D eigenvalue weighted by Gasteiger charge is 2.25. The van der Waals surface area contributed by atoms with E-state index in [0.29, 0.717) is 31.0 Å². The maximum atomic E-state index is 13.2. The molecule has 0 spiro atoms. The first-order chi connectivity index (χ1) is 13.9. The number of amides is 1. The molecule has 0 fully saturated rings. The molecule has 0 unspecified atom stereocenters. The summed E-state index contributed by atoms with van der Waals surface area (Å²) in [5, 5.41) is 0.870. The van der Waals surface area contributed by atoms with Gasteiger partial charge in [-0.05, 0) is 66.6 Å². The third-order valence-corrected chi connectivity index (χ3v) is 5.53. The second-order valence-electron chi connectivity index (χ2n) is 7.51. The maximum Gasteiger partial charge on any atom is 0.261 e. The van der Waals surface area contributed by atoms with Crippen LogP contribution in [0.5, 0.6) is 11.5 Å². The Balaban J connectivity index is 1.69. The number of fused-ring (bicyclic) bond motifs is 2. The summed E-state index contributed by atoms with van der Waals surface area (Å²) in [6.45, 7) is 4.93. The molecule has 1 N–H and O–H groups in total. The fourth-order valence-corrected chi connectivity index (χ4v) is 4.07. The van der Waals surface area contributed by atoms with E-state index in [0.717, 1.165) is 33.2 Å². The summed E-state index contributed by atoms with van der Waals surface area (Å²) in [6, 6.07) is 9.58. The van der Waals surface area contributed by atoms with Crippen LogP contribution in [-0.2, 0) is 13.0 Å². The number of benzene rings is 2. The summed E-state index contributed by atoms with van der Waals surface area (Å²) in [6.07, 6.45) is 0.700. The third kappa shape index (κ3) is 3.35. The topological polar surface area (TPSA) is 71.6 Å². The Labute approximate surface area is 169 Å². The number of aryl methyl sites for hydroxylation is 2. The van der Waals surface area contributed by atoms with Crippen LogP contribution in [0.4, 0.5) is 0 Å². The van der Waals surface area contributed by atoms with Gasteiger partial charge in [0.25, 0.3) is 11.5 Å². The molecule has 1 aliphatic rings. The van der Waals surface area contributed by atoms with Gasteiger partial charge in [0.1, 0.15) is 5.56 Å². The van der Waals surface area contributed by atoms with E-state index < -0.39 is 0 Å². The van der Waals surface area contributed by atoms with E-state index in [9.17, 15) is 9.59 Å². The first kappa shape index (κ1) is 19.1. The molecule has 0 atom stereocenters. The van der Waals surface area contributed by atoms with Crippen LogP contribution in [0.3, 0.4) is 0 Å². The van der Waals surface area contributed by atoms with E-state index in [1.54, 1.807) is 25.2 Å². The van der Waals surface area contributed by atoms with E-state index >= 15 is 0 Å². The maximum absolute atomic E-state index is 13.2. The number of methoxy groups -OCH3 is 2. The molecular formula is C23H24N2O4. The molecule has 2 aromatic carbocycles. The number of hydrogen-bond acceptors (Lipinski definition) is 4. The Morgan fingerprint density at radius 3 is 2.38 bits per heavy atom. The van der Waals surface area contributed by atoms with Gasteiger partial charge in [0.15, 0.2) is 11.5 Å². The number of carbonyl (C=O) groups is 1. The van der Waals surface area contributed by atoms with Gasteiger partial charge >= 0.3 is 0 Å². The molecule has 150 valence electrons. The molecule has 1 aliphatic heterocycles. The fourth-order valence-electron chi connectivity index (χ4n) is 4.07. The molecule has 3 aromatic rings. The summed E-state index contributed by atoms with van der Waals surface area (Å²) in [4.78, 5) is 30.4. The summed E-state index contributed by atoms with van der Waals surface area (Å²) in [5.41, 5.74) is 4.81. The van der Waals surface area contributed by atoms with Crippen LogP contribution < -0.4 is 15.0 Å². The summed E-state index contributed by atoms with van der Waals surface area (Å²) in [7, 11) is 3.20. The smallest absolute Gasteiger partial charge is 0.261 e. The van der Waals surface area contributed by atoms with Crippen LogP contribution in [-0.4, -0.2) is 36.6 Å². The first-order valence-corrected chi connectivity index (χ1v) is 9.58. The zero-order chi connectivity index (χ0) is 20.7. The van der Waals surface area contributed by atoms with Crippen molar-refractivity contribution < 1.29 is 14.3 Å². The van der Waals surface area contributed by atoms with E-state index in [1.807, 2.05) is 38.1 Å². The summed E-state index contributed by atoms with van der Waals surface area (Å²) >= 11 is 0. The number of ether oxygens (including phenoxy) is 2. The molecule has 2 heterocycles. The number of aromatic nitrogens is 1. The Morgan fingerprint density at radius 2 is 1.69 bits per heavy atom. The van der Waals surface area contributed by atoms with Crippen molar-refractivity contribution in [3.8, 4) is 11.5 Å². The molecule has 0 saturated heterocycles. The quantitative estimate of drug-likeness (QED) is 0.742. The monoisotopic (exact) mass is 392 g/mol. The number of nitrogens with one attached hydrogen (secondary N) is 1. The second kappa shape index (κ2) is 7.28. The molecule has 0 radical (unpaired) electrons. The number of nitrogens with zero attached hydrogens (tertiary/aromatic N) is 1. The van der Waals surface area contributed by atoms with Crippen molar-refractivity contribution in [2.45, 2.75) is 26.8 Å². The largest absolute Gasteiger partial charge is 0.493 e. The van der Waals surface area contributed by atoms with Crippen LogP contribution in [0, 0.1) is 13.8 Å². The average Bonchev–Trinajstić information content (AvgIpc) is 2.71.